The molecule has 0 aliphatic rings. The number of hydrogen-bond acceptors (Lipinski definition) is 2. The van der Waals surface area contributed by atoms with E-state index in [9.17, 15) is 0 Å². The summed E-state index contributed by atoms with van der Waals surface area (Å²) >= 11 is 0. The number of rotatable bonds is 4. The molecule has 1 aromatic rings. The van der Waals surface area contributed by atoms with Crippen LogP contribution < -0.4 is 5.32 Å². The van der Waals surface area contributed by atoms with Crippen LogP contribution >= 0.6 is 0 Å². The zero-order valence-corrected chi connectivity index (χ0v) is 7.63. The molecule has 66 valence electrons. The minimum Gasteiger partial charge on any atom is -0.469 e. The molecule has 0 radical (unpaired) electrons. The Morgan fingerprint density at radius 3 is 2.92 bits per heavy atom. The zero-order chi connectivity index (χ0) is 8.97. The van der Waals surface area contributed by atoms with Gasteiger partial charge >= 0.3 is 0 Å². The normalized spacial score (nSPS) is 12.8. The first kappa shape index (κ1) is 9.07. The number of furan rings is 1. The van der Waals surface area contributed by atoms with E-state index in [4.69, 9.17) is 4.42 Å². The highest BCUT2D eigenvalue weighted by Gasteiger charge is 2.11. The fraction of sp³-hybridized carbons (Fsp3) is 0.400. The first-order valence-electron chi connectivity index (χ1n) is 4.11. The highest BCUT2D eigenvalue weighted by atomic mass is 16.3. The van der Waals surface area contributed by atoms with Crippen LogP contribution in [0.5, 0.6) is 0 Å². The lowest BCUT2D eigenvalue weighted by Crippen LogP contribution is -2.15. The summed E-state index contributed by atoms with van der Waals surface area (Å²) in [6.45, 7) is 5.69. The van der Waals surface area contributed by atoms with Crippen LogP contribution in [0.15, 0.2) is 29.4 Å². The third-order valence-corrected chi connectivity index (χ3v) is 2.03. The summed E-state index contributed by atoms with van der Waals surface area (Å²) in [6, 6.07) is 2.33. The van der Waals surface area contributed by atoms with Gasteiger partial charge < -0.3 is 9.73 Å². The van der Waals surface area contributed by atoms with Crippen LogP contribution in [0.4, 0.5) is 0 Å². The number of hydrogen-bond donors (Lipinski definition) is 1. The summed E-state index contributed by atoms with van der Waals surface area (Å²) in [5, 5.41) is 3.21. The van der Waals surface area contributed by atoms with Gasteiger partial charge in [0.2, 0.25) is 0 Å². The SMILES string of the molecule is C=CCC(NC)c1ccoc1C. The van der Waals surface area contributed by atoms with Crippen LogP contribution in [0.25, 0.3) is 0 Å². The van der Waals surface area contributed by atoms with Gasteiger partial charge in [-0.3, -0.25) is 0 Å². The van der Waals surface area contributed by atoms with Crippen molar-refractivity contribution >= 4 is 0 Å². The predicted molar refractivity (Wildman–Crippen MR) is 50.1 cm³/mol. The fourth-order valence-corrected chi connectivity index (χ4v) is 1.32. The van der Waals surface area contributed by atoms with Gasteiger partial charge in [0.1, 0.15) is 5.76 Å². The monoisotopic (exact) mass is 165 g/mol. The first-order valence-corrected chi connectivity index (χ1v) is 4.11. The number of nitrogens with one attached hydrogen (secondary N) is 1. The van der Waals surface area contributed by atoms with Gasteiger partial charge in [-0.2, -0.15) is 0 Å². The van der Waals surface area contributed by atoms with Crippen molar-refractivity contribution in [3.8, 4) is 0 Å². The molecule has 0 saturated carbocycles. The summed E-state index contributed by atoms with van der Waals surface area (Å²) in [7, 11) is 1.95. The van der Waals surface area contributed by atoms with Crippen molar-refractivity contribution in [1.82, 2.24) is 5.32 Å². The minimum atomic E-state index is 0.334. The maximum Gasteiger partial charge on any atom is 0.105 e. The van der Waals surface area contributed by atoms with E-state index in [0.29, 0.717) is 6.04 Å². The average Bonchev–Trinajstić information content (AvgIpc) is 2.47. The molecule has 12 heavy (non-hydrogen) atoms. The lowest BCUT2D eigenvalue weighted by Gasteiger charge is -2.12. The van der Waals surface area contributed by atoms with Crippen molar-refractivity contribution < 1.29 is 4.42 Å². The first-order chi connectivity index (χ1) is 5.79. The second-order valence-corrected chi connectivity index (χ2v) is 2.80. The molecule has 0 aliphatic carbocycles. The van der Waals surface area contributed by atoms with Gasteiger partial charge in [-0.15, -0.1) is 6.58 Å². The standard InChI is InChI=1S/C10H15NO/c1-4-5-10(11-3)9-6-7-12-8(9)2/h4,6-7,10-11H,1,5H2,2-3H3. The highest BCUT2D eigenvalue weighted by molar-refractivity contribution is 5.20. The summed E-state index contributed by atoms with van der Waals surface area (Å²) in [4.78, 5) is 0. The van der Waals surface area contributed by atoms with Gasteiger partial charge in [0.05, 0.1) is 6.26 Å². The third kappa shape index (κ3) is 1.77. The highest BCUT2D eigenvalue weighted by Crippen LogP contribution is 2.21. The topological polar surface area (TPSA) is 25.2 Å². The lowest BCUT2D eigenvalue weighted by molar-refractivity contribution is 0.514. The summed E-state index contributed by atoms with van der Waals surface area (Å²) in [5.74, 6) is 0.983. The van der Waals surface area contributed by atoms with Gasteiger partial charge in [-0.1, -0.05) is 6.08 Å². The van der Waals surface area contributed by atoms with Crippen molar-refractivity contribution in [2.24, 2.45) is 0 Å². The molecule has 0 fully saturated rings. The maximum absolute atomic E-state index is 5.22. The lowest BCUT2D eigenvalue weighted by atomic mass is 10.1. The molecule has 2 heteroatoms. The third-order valence-electron chi connectivity index (χ3n) is 2.03. The van der Waals surface area contributed by atoms with Gasteiger partial charge in [-0.05, 0) is 26.5 Å². The second-order valence-electron chi connectivity index (χ2n) is 2.80. The van der Waals surface area contributed by atoms with Crippen molar-refractivity contribution in [3.63, 3.8) is 0 Å². The molecular weight excluding hydrogens is 150 g/mol. The van der Waals surface area contributed by atoms with E-state index in [1.54, 1.807) is 6.26 Å². The molecule has 0 spiro atoms. The van der Waals surface area contributed by atoms with Crippen LogP contribution in [0, 0.1) is 6.92 Å². The van der Waals surface area contributed by atoms with Gasteiger partial charge in [0, 0.05) is 11.6 Å². The Bertz CT molecular complexity index is 252. The van der Waals surface area contributed by atoms with Gasteiger partial charge in [-0.25, -0.2) is 0 Å². The van der Waals surface area contributed by atoms with E-state index in [1.165, 1.54) is 5.56 Å². The Morgan fingerprint density at radius 1 is 1.75 bits per heavy atom. The molecule has 1 rings (SSSR count). The van der Waals surface area contributed by atoms with Crippen LogP contribution in [0.2, 0.25) is 0 Å². The molecule has 0 saturated heterocycles. The van der Waals surface area contributed by atoms with Crippen LogP contribution in [0.3, 0.4) is 0 Å². The summed E-state index contributed by atoms with van der Waals surface area (Å²) in [5.41, 5.74) is 1.22. The predicted octanol–water partition coefficient (Wildman–Crippen LogP) is 2.42. The molecule has 1 heterocycles. The Kier molecular flexibility index (Phi) is 3.11. The van der Waals surface area contributed by atoms with Crippen LogP contribution in [0.1, 0.15) is 23.8 Å². The average molecular weight is 165 g/mol. The van der Waals surface area contributed by atoms with E-state index in [2.05, 4.69) is 11.9 Å². The summed E-state index contributed by atoms with van der Waals surface area (Å²) < 4.78 is 5.22. The molecule has 0 aliphatic heterocycles. The zero-order valence-electron chi connectivity index (χ0n) is 7.63. The number of aryl methyl sites for hydroxylation is 1. The largest absolute Gasteiger partial charge is 0.469 e. The van der Waals surface area contributed by atoms with Crippen molar-refractivity contribution in [3.05, 3.63) is 36.3 Å². The Balaban J connectivity index is 2.78. The molecule has 1 N–H and O–H groups in total. The van der Waals surface area contributed by atoms with Crippen molar-refractivity contribution in [2.45, 2.75) is 19.4 Å². The molecule has 1 unspecified atom stereocenters. The Hall–Kier alpha value is -1.02. The molecule has 0 aromatic carbocycles. The minimum absolute atomic E-state index is 0.334. The quantitative estimate of drug-likeness (QED) is 0.693. The second kappa shape index (κ2) is 4.12. The van der Waals surface area contributed by atoms with E-state index < -0.39 is 0 Å². The molecule has 0 amide bonds. The van der Waals surface area contributed by atoms with Crippen LogP contribution in [-0.2, 0) is 0 Å². The van der Waals surface area contributed by atoms with Crippen molar-refractivity contribution in [1.29, 1.82) is 0 Å². The van der Waals surface area contributed by atoms with Crippen molar-refractivity contribution in [2.75, 3.05) is 7.05 Å². The van der Waals surface area contributed by atoms with Gasteiger partial charge in [0.15, 0.2) is 0 Å². The van der Waals surface area contributed by atoms with E-state index in [-0.39, 0.29) is 0 Å². The molecule has 1 aromatic heterocycles. The maximum atomic E-state index is 5.22. The van der Waals surface area contributed by atoms with Gasteiger partial charge in [0.25, 0.3) is 0 Å². The Labute approximate surface area is 73.3 Å². The molecule has 2 nitrogen and oxygen atoms in total. The molecule has 0 bridgehead atoms. The van der Waals surface area contributed by atoms with E-state index in [1.807, 2.05) is 26.1 Å². The Morgan fingerprint density at radius 2 is 2.50 bits per heavy atom. The molecular formula is C10H15NO. The van der Waals surface area contributed by atoms with E-state index >= 15 is 0 Å². The summed E-state index contributed by atoms with van der Waals surface area (Å²) in [6.07, 6.45) is 4.56. The molecule has 1 atom stereocenters. The van der Waals surface area contributed by atoms with E-state index in [0.717, 1.165) is 12.2 Å². The smallest absolute Gasteiger partial charge is 0.105 e. The van der Waals surface area contributed by atoms with Crippen LogP contribution in [-0.4, -0.2) is 7.05 Å². The fourth-order valence-electron chi connectivity index (χ4n) is 1.32.